The Morgan fingerprint density at radius 2 is 1.33 bits per heavy atom. The summed E-state index contributed by atoms with van der Waals surface area (Å²) in [6, 6.07) is 16.2. The molecule has 1 fully saturated rings. The summed E-state index contributed by atoms with van der Waals surface area (Å²) in [6.45, 7) is 14.8. The molecule has 0 atom stereocenters. The van der Waals surface area contributed by atoms with Gasteiger partial charge in [-0.15, -0.1) is 10.2 Å². The van der Waals surface area contributed by atoms with E-state index in [4.69, 9.17) is 13.7 Å². The molecule has 6 heteroatoms. The first kappa shape index (κ1) is 20.8. The summed E-state index contributed by atoms with van der Waals surface area (Å²) in [4.78, 5) is 0. The normalized spacial score (nSPS) is 18.0. The Morgan fingerprint density at radius 3 is 1.90 bits per heavy atom. The molecule has 4 rings (SSSR count). The first-order chi connectivity index (χ1) is 14.0. The summed E-state index contributed by atoms with van der Waals surface area (Å²) in [5, 5.41) is 8.51. The van der Waals surface area contributed by atoms with Crippen LogP contribution in [0.2, 0.25) is 0 Å². The van der Waals surface area contributed by atoms with Crippen LogP contribution < -0.4 is 5.46 Å². The Morgan fingerprint density at radius 1 is 0.767 bits per heavy atom. The van der Waals surface area contributed by atoms with E-state index in [9.17, 15) is 0 Å². The lowest BCUT2D eigenvalue weighted by Gasteiger charge is -2.32. The van der Waals surface area contributed by atoms with E-state index in [1.807, 2.05) is 64.1 Å². The molecule has 0 unspecified atom stereocenters. The van der Waals surface area contributed by atoms with Gasteiger partial charge >= 0.3 is 7.12 Å². The zero-order chi connectivity index (χ0) is 21.7. The van der Waals surface area contributed by atoms with Gasteiger partial charge in [0.15, 0.2) is 0 Å². The van der Waals surface area contributed by atoms with Crippen molar-refractivity contribution in [2.45, 2.75) is 65.1 Å². The minimum absolute atomic E-state index is 0.104. The summed E-state index contributed by atoms with van der Waals surface area (Å²) >= 11 is 0. The van der Waals surface area contributed by atoms with E-state index in [1.54, 1.807) is 0 Å². The van der Waals surface area contributed by atoms with E-state index in [-0.39, 0.29) is 16.6 Å². The van der Waals surface area contributed by atoms with E-state index >= 15 is 0 Å². The molecule has 1 aromatic heterocycles. The Balaban J connectivity index is 1.58. The highest BCUT2D eigenvalue weighted by Gasteiger charge is 2.51. The van der Waals surface area contributed by atoms with Gasteiger partial charge in [0.2, 0.25) is 11.8 Å². The quantitative estimate of drug-likeness (QED) is 0.575. The predicted octanol–water partition coefficient (Wildman–Crippen LogP) is 5.00. The fourth-order valence-corrected chi connectivity index (χ4v) is 3.37. The van der Waals surface area contributed by atoms with Crippen LogP contribution >= 0.6 is 0 Å². The van der Waals surface area contributed by atoms with Crippen molar-refractivity contribution in [3.63, 3.8) is 0 Å². The molecule has 30 heavy (non-hydrogen) atoms. The molecule has 5 nitrogen and oxygen atoms in total. The van der Waals surface area contributed by atoms with Gasteiger partial charge in [0.1, 0.15) is 0 Å². The molecule has 0 saturated carbocycles. The van der Waals surface area contributed by atoms with Gasteiger partial charge in [-0.3, -0.25) is 0 Å². The first-order valence-electron chi connectivity index (χ1n) is 10.4. The molecular weight excluding hydrogens is 375 g/mol. The molecule has 3 aromatic rings. The van der Waals surface area contributed by atoms with Crippen LogP contribution in [0.3, 0.4) is 0 Å². The van der Waals surface area contributed by atoms with Crippen molar-refractivity contribution in [3.05, 3.63) is 54.1 Å². The van der Waals surface area contributed by atoms with Gasteiger partial charge in [0.25, 0.3) is 0 Å². The Kier molecular flexibility index (Phi) is 4.91. The molecule has 0 bridgehead atoms. The highest BCUT2D eigenvalue weighted by atomic mass is 16.7. The van der Waals surface area contributed by atoms with Crippen LogP contribution in [-0.4, -0.2) is 28.5 Å². The smallest absolute Gasteiger partial charge is 0.416 e. The monoisotopic (exact) mass is 404 g/mol. The molecular formula is C24H29BN2O3. The zero-order valence-corrected chi connectivity index (χ0v) is 18.8. The molecule has 0 aliphatic carbocycles. The number of aromatic nitrogens is 2. The molecule has 0 amide bonds. The maximum atomic E-state index is 6.17. The van der Waals surface area contributed by atoms with Gasteiger partial charge in [-0.1, -0.05) is 45.0 Å². The lowest BCUT2D eigenvalue weighted by Crippen LogP contribution is -2.41. The van der Waals surface area contributed by atoms with E-state index in [2.05, 4.69) is 43.1 Å². The second-order valence-corrected chi connectivity index (χ2v) is 9.95. The average Bonchev–Trinajstić information content (AvgIpc) is 3.24. The minimum atomic E-state index is -0.428. The van der Waals surface area contributed by atoms with Crippen LogP contribution in [-0.2, 0) is 14.7 Å². The van der Waals surface area contributed by atoms with Gasteiger partial charge in [-0.05, 0) is 68.4 Å². The van der Waals surface area contributed by atoms with Crippen molar-refractivity contribution in [2.75, 3.05) is 0 Å². The minimum Gasteiger partial charge on any atom is -0.416 e. The van der Waals surface area contributed by atoms with Crippen molar-refractivity contribution in [2.24, 2.45) is 0 Å². The average molecular weight is 404 g/mol. The molecule has 0 N–H and O–H groups in total. The summed E-state index contributed by atoms with van der Waals surface area (Å²) in [5.74, 6) is 0.981. The number of hydrogen-bond donors (Lipinski definition) is 0. The van der Waals surface area contributed by atoms with Gasteiger partial charge < -0.3 is 13.7 Å². The second kappa shape index (κ2) is 7.07. The van der Waals surface area contributed by atoms with Gasteiger partial charge in [0.05, 0.1) is 11.2 Å². The molecule has 2 aromatic carbocycles. The summed E-state index contributed by atoms with van der Waals surface area (Å²) in [6.07, 6.45) is 0. The van der Waals surface area contributed by atoms with Crippen LogP contribution in [0.1, 0.15) is 54.0 Å². The molecule has 0 spiro atoms. The summed E-state index contributed by atoms with van der Waals surface area (Å²) in [7, 11) is -0.428. The Bertz CT molecular complexity index is 1030. The van der Waals surface area contributed by atoms with E-state index in [0.29, 0.717) is 11.8 Å². The third-order valence-corrected chi connectivity index (χ3v) is 6.08. The molecule has 0 radical (unpaired) electrons. The zero-order valence-electron chi connectivity index (χ0n) is 18.8. The standard InChI is InChI=1S/C24H29BN2O3/c1-22(2,3)18-13-11-16(12-14-18)20-26-27-21(28-20)17-9-8-10-19(15-17)25-29-23(4,5)24(6,7)30-25/h8-15H,1-7H3. The van der Waals surface area contributed by atoms with Crippen molar-refractivity contribution >= 4 is 12.6 Å². The van der Waals surface area contributed by atoms with Crippen molar-refractivity contribution in [1.82, 2.24) is 10.2 Å². The highest BCUT2D eigenvalue weighted by Crippen LogP contribution is 2.36. The molecule has 2 heterocycles. The van der Waals surface area contributed by atoms with Crippen molar-refractivity contribution in [1.29, 1.82) is 0 Å². The molecule has 1 aliphatic heterocycles. The van der Waals surface area contributed by atoms with E-state index in [0.717, 1.165) is 16.6 Å². The van der Waals surface area contributed by atoms with Crippen molar-refractivity contribution in [3.8, 4) is 22.9 Å². The highest BCUT2D eigenvalue weighted by molar-refractivity contribution is 6.62. The fraction of sp³-hybridized carbons (Fsp3) is 0.417. The van der Waals surface area contributed by atoms with Crippen LogP contribution in [0, 0.1) is 0 Å². The maximum Gasteiger partial charge on any atom is 0.494 e. The van der Waals surface area contributed by atoms with Gasteiger partial charge in [0, 0.05) is 11.1 Å². The van der Waals surface area contributed by atoms with Crippen molar-refractivity contribution < 1.29 is 13.7 Å². The van der Waals surface area contributed by atoms with Crippen LogP contribution in [0.5, 0.6) is 0 Å². The van der Waals surface area contributed by atoms with Gasteiger partial charge in [-0.25, -0.2) is 0 Å². The number of benzene rings is 2. The predicted molar refractivity (Wildman–Crippen MR) is 120 cm³/mol. The lowest BCUT2D eigenvalue weighted by atomic mass is 9.78. The van der Waals surface area contributed by atoms with E-state index < -0.39 is 7.12 Å². The maximum absolute atomic E-state index is 6.17. The van der Waals surface area contributed by atoms with Crippen LogP contribution in [0.25, 0.3) is 22.9 Å². The summed E-state index contributed by atoms with van der Waals surface area (Å²) < 4.78 is 18.3. The van der Waals surface area contributed by atoms with Gasteiger partial charge in [-0.2, -0.15) is 0 Å². The lowest BCUT2D eigenvalue weighted by molar-refractivity contribution is 0.00578. The topological polar surface area (TPSA) is 57.4 Å². The van der Waals surface area contributed by atoms with Crippen LogP contribution in [0.15, 0.2) is 52.9 Å². The molecule has 1 aliphatic rings. The fourth-order valence-electron chi connectivity index (χ4n) is 3.37. The molecule has 1 saturated heterocycles. The van der Waals surface area contributed by atoms with Crippen LogP contribution in [0.4, 0.5) is 0 Å². The number of hydrogen-bond acceptors (Lipinski definition) is 5. The first-order valence-corrected chi connectivity index (χ1v) is 10.4. The third kappa shape index (κ3) is 3.82. The molecule has 156 valence electrons. The Labute approximate surface area is 179 Å². The Hall–Kier alpha value is -2.44. The number of rotatable bonds is 3. The second-order valence-electron chi connectivity index (χ2n) is 9.95. The number of nitrogens with zero attached hydrogens (tertiary/aromatic N) is 2. The third-order valence-electron chi connectivity index (χ3n) is 6.08. The SMILES string of the molecule is CC(C)(C)c1ccc(-c2nnc(-c3cccc(B4OC(C)(C)C(C)(C)O4)c3)o2)cc1. The summed E-state index contributed by atoms with van der Waals surface area (Å²) in [5.41, 5.74) is 3.28. The largest absolute Gasteiger partial charge is 0.494 e. The van der Waals surface area contributed by atoms with E-state index in [1.165, 1.54) is 5.56 Å².